The standard InChI is InChI=1S/C18H15FN2OS2/c19-13-4-1-2-5-14(13)20-18(22)21-9-7-15-12(8-11-24-15)17(21)16-6-3-10-23-16/h1-6,8,10-11,17H,7,9H2,(H,20,22)/t17-/m1/s1. The third-order valence-corrected chi connectivity index (χ3v) is 6.08. The third kappa shape index (κ3) is 2.72. The molecule has 1 N–H and O–H groups in total. The molecule has 1 aliphatic heterocycles. The minimum atomic E-state index is -0.424. The van der Waals surface area contributed by atoms with Gasteiger partial charge in [0.05, 0.1) is 11.7 Å². The van der Waals surface area contributed by atoms with Gasteiger partial charge in [-0.25, -0.2) is 9.18 Å². The Labute approximate surface area is 147 Å². The fourth-order valence-electron chi connectivity index (χ4n) is 3.04. The highest BCUT2D eigenvalue weighted by atomic mass is 32.1. The number of fused-ring (bicyclic) bond motifs is 1. The van der Waals surface area contributed by atoms with Crippen LogP contribution < -0.4 is 5.32 Å². The molecule has 1 aromatic carbocycles. The minimum absolute atomic E-state index is 0.105. The van der Waals surface area contributed by atoms with Gasteiger partial charge in [0.25, 0.3) is 0 Å². The predicted octanol–water partition coefficient (Wildman–Crippen LogP) is 5.13. The van der Waals surface area contributed by atoms with E-state index < -0.39 is 5.82 Å². The molecule has 0 fully saturated rings. The summed E-state index contributed by atoms with van der Waals surface area (Å²) in [5.41, 5.74) is 1.39. The molecule has 24 heavy (non-hydrogen) atoms. The Morgan fingerprint density at radius 2 is 2.00 bits per heavy atom. The van der Waals surface area contributed by atoms with E-state index in [9.17, 15) is 9.18 Å². The zero-order chi connectivity index (χ0) is 16.5. The lowest BCUT2D eigenvalue weighted by Gasteiger charge is -2.35. The van der Waals surface area contributed by atoms with Crippen molar-refractivity contribution in [2.24, 2.45) is 0 Å². The number of anilines is 1. The Morgan fingerprint density at radius 1 is 1.12 bits per heavy atom. The molecule has 0 unspecified atom stereocenters. The Balaban J connectivity index is 1.66. The number of hydrogen-bond acceptors (Lipinski definition) is 3. The molecule has 2 amide bonds. The van der Waals surface area contributed by atoms with Crippen LogP contribution in [0.1, 0.15) is 21.4 Å². The molecule has 3 heterocycles. The molecule has 0 radical (unpaired) electrons. The SMILES string of the molecule is O=C(Nc1ccccc1F)N1CCc2sccc2[C@@H]1c1cccs1. The number of carbonyl (C=O) groups excluding carboxylic acids is 1. The van der Waals surface area contributed by atoms with E-state index in [1.165, 1.54) is 16.5 Å². The number of amides is 2. The number of carbonyl (C=O) groups is 1. The second-order valence-corrected chi connectivity index (χ2v) is 7.55. The number of para-hydroxylation sites is 1. The molecule has 122 valence electrons. The number of urea groups is 1. The molecule has 6 heteroatoms. The van der Waals surface area contributed by atoms with Crippen molar-refractivity contribution in [1.29, 1.82) is 0 Å². The normalized spacial score (nSPS) is 16.7. The van der Waals surface area contributed by atoms with Gasteiger partial charge in [-0.15, -0.1) is 22.7 Å². The molecule has 0 spiro atoms. The van der Waals surface area contributed by atoms with Gasteiger partial charge in [-0.1, -0.05) is 18.2 Å². The van der Waals surface area contributed by atoms with Crippen LogP contribution in [0.5, 0.6) is 0 Å². The summed E-state index contributed by atoms with van der Waals surface area (Å²) in [5, 5.41) is 6.80. The maximum absolute atomic E-state index is 13.8. The van der Waals surface area contributed by atoms with Gasteiger partial charge in [0.1, 0.15) is 5.82 Å². The van der Waals surface area contributed by atoms with Gasteiger partial charge in [-0.05, 0) is 47.0 Å². The van der Waals surface area contributed by atoms with E-state index in [0.717, 1.165) is 11.3 Å². The number of nitrogens with zero attached hydrogens (tertiary/aromatic N) is 1. The van der Waals surface area contributed by atoms with E-state index in [-0.39, 0.29) is 17.8 Å². The van der Waals surface area contributed by atoms with Crippen molar-refractivity contribution in [3.8, 4) is 0 Å². The highest BCUT2D eigenvalue weighted by Crippen LogP contribution is 2.39. The van der Waals surface area contributed by atoms with Crippen LogP contribution in [0.4, 0.5) is 14.9 Å². The average molecular weight is 358 g/mol. The van der Waals surface area contributed by atoms with Gasteiger partial charge >= 0.3 is 6.03 Å². The third-order valence-electron chi connectivity index (χ3n) is 4.15. The highest BCUT2D eigenvalue weighted by molar-refractivity contribution is 7.10. The van der Waals surface area contributed by atoms with Gasteiger partial charge in [-0.2, -0.15) is 0 Å². The molecule has 2 aromatic heterocycles. The first-order valence-electron chi connectivity index (χ1n) is 7.66. The van der Waals surface area contributed by atoms with Crippen molar-refractivity contribution in [1.82, 2.24) is 4.90 Å². The van der Waals surface area contributed by atoms with Gasteiger partial charge in [0.15, 0.2) is 0 Å². The Hall–Kier alpha value is -2.18. The lowest BCUT2D eigenvalue weighted by molar-refractivity contribution is 0.195. The van der Waals surface area contributed by atoms with Gasteiger partial charge in [0.2, 0.25) is 0 Å². The second-order valence-electron chi connectivity index (χ2n) is 5.57. The fraction of sp³-hybridized carbons (Fsp3) is 0.167. The molecule has 0 bridgehead atoms. The van der Waals surface area contributed by atoms with E-state index in [2.05, 4.69) is 16.8 Å². The van der Waals surface area contributed by atoms with Gasteiger partial charge < -0.3 is 10.2 Å². The molecule has 1 atom stereocenters. The molecule has 4 rings (SSSR count). The first kappa shape index (κ1) is 15.4. The lowest BCUT2D eigenvalue weighted by Crippen LogP contribution is -2.42. The monoisotopic (exact) mass is 358 g/mol. The molecule has 1 aliphatic rings. The van der Waals surface area contributed by atoms with Crippen LogP contribution in [0.25, 0.3) is 0 Å². The number of rotatable bonds is 2. The van der Waals surface area contributed by atoms with E-state index in [1.54, 1.807) is 45.8 Å². The Morgan fingerprint density at radius 3 is 2.79 bits per heavy atom. The Kier molecular flexibility index (Phi) is 4.08. The van der Waals surface area contributed by atoms with E-state index in [4.69, 9.17) is 0 Å². The first-order chi connectivity index (χ1) is 11.7. The van der Waals surface area contributed by atoms with Crippen molar-refractivity contribution in [3.63, 3.8) is 0 Å². The summed E-state index contributed by atoms with van der Waals surface area (Å²) in [7, 11) is 0. The summed E-state index contributed by atoms with van der Waals surface area (Å²) in [6.07, 6.45) is 0.833. The largest absolute Gasteiger partial charge is 0.322 e. The molecule has 0 saturated heterocycles. The van der Waals surface area contributed by atoms with Crippen molar-refractivity contribution in [2.75, 3.05) is 11.9 Å². The molecule has 3 nitrogen and oxygen atoms in total. The summed E-state index contributed by atoms with van der Waals surface area (Å²) in [4.78, 5) is 17.1. The van der Waals surface area contributed by atoms with Crippen molar-refractivity contribution >= 4 is 34.4 Å². The molecule has 3 aromatic rings. The maximum Gasteiger partial charge on any atom is 0.322 e. The first-order valence-corrected chi connectivity index (χ1v) is 9.42. The zero-order valence-electron chi connectivity index (χ0n) is 12.7. The van der Waals surface area contributed by atoms with Crippen molar-refractivity contribution in [2.45, 2.75) is 12.5 Å². The predicted molar refractivity (Wildman–Crippen MR) is 96.3 cm³/mol. The lowest BCUT2D eigenvalue weighted by atomic mass is 9.99. The number of halogens is 1. The topological polar surface area (TPSA) is 32.3 Å². The zero-order valence-corrected chi connectivity index (χ0v) is 14.4. The van der Waals surface area contributed by atoms with Crippen LogP contribution in [-0.4, -0.2) is 17.5 Å². The molecular weight excluding hydrogens is 343 g/mol. The van der Waals surface area contributed by atoms with Crippen LogP contribution in [0.3, 0.4) is 0 Å². The fourth-order valence-corrected chi connectivity index (χ4v) is 4.80. The van der Waals surface area contributed by atoms with Crippen LogP contribution in [0.2, 0.25) is 0 Å². The summed E-state index contributed by atoms with van der Waals surface area (Å²) >= 11 is 3.37. The van der Waals surface area contributed by atoms with Crippen LogP contribution in [0.15, 0.2) is 53.2 Å². The van der Waals surface area contributed by atoms with Crippen molar-refractivity contribution in [3.05, 3.63) is 74.4 Å². The van der Waals surface area contributed by atoms with Gasteiger partial charge in [0, 0.05) is 16.3 Å². The van der Waals surface area contributed by atoms with E-state index in [1.807, 2.05) is 17.5 Å². The van der Waals surface area contributed by atoms with E-state index in [0.29, 0.717) is 6.54 Å². The number of thiophene rings is 2. The minimum Gasteiger partial charge on any atom is -0.312 e. The molecular formula is C18H15FN2OS2. The smallest absolute Gasteiger partial charge is 0.312 e. The summed E-state index contributed by atoms with van der Waals surface area (Å²) in [6, 6.07) is 12.0. The van der Waals surface area contributed by atoms with Crippen LogP contribution >= 0.6 is 22.7 Å². The quantitative estimate of drug-likeness (QED) is 0.677. The Bertz CT molecular complexity index is 860. The molecule has 0 saturated carbocycles. The maximum atomic E-state index is 13.8. The number of benzene rings is 1. The van der Waals surface area contributed by atoms with Crippen molar-refractivity contribution < 1.29 is 9.18 Å². The highest BCUT2D eigenvalue weighted by Gasteiger charge is 2.33. The van der Waals surface area contributed by atoms with E-state index >= 15 is 0 Å². The van der Waals surface area contributed by atoms with Gasteiger partial charge in [-0.3, -0.25) is 0 Å². The van der Waals surface area contributed by atoms with Crippen LogP contribution in [0, 0.1) is 5.82 Å². The number of nitrogens with one attached hydrogen (secondary N) is 1. The number of hydrogen-bond donors (Lipinski definition) is 1. The summed E-state index contributed by atoms with van der Waals surface area (Å²) in [5.74, 6) is -0.424. The summed E-state index contributed by atoms with van der Waals surface area (Å²) in [6.45, 7) is 0.621. The average Bonchev–Trinajstić information content (AvgIpc) is 3.27. The summed E-state index contributed by atoms with van der Waals surface area (Å²) < 4.78 is 13.8. The second kappa shape index (κ2) is 6.37. The molecule has 0 aliphatic carbocycles. The van der Waals surface area contributed by atoms with Crippen LogP contribution in [-0.2, 0) is 6.42 Å².